The first kappa shape index (κ1) is 15.9. The van der Waals surface area contributed by atoms with Crippen molar-refractivity contribution in [1.29, 1.82) is 0 Å². The van der Waals surface area contributed by atoms with E-state index in [1.54, 1.807) is 13.8 Å². The van der Waals surface area contributed by atoms with Crippen LogP contribution in [0, 0.1) is 13.8 Å². The van der Waals surface area contributed by atoms with Gasteiger partial charge in [-0.15, -0.1) is 0 Å². The molecule has 1 aliphatic carbocycles. The fourth-order valence-corrected chi connectivity index (χ4v) is 3.74. The first-order valence-corrected chi connectivity index (χ1v) is 8.86. The SMILES string of the molecule is Cc1nc(C)c(C(=O)Nc2nc3ccccc3n2C2CCCCC2)o1. The minimum Gasteiger partial charge on any atom is -0.436 e. The Morgan fingerprint density at radius 2 is 1.92 bits per heavy atom. The maximum atomic E-state index is 12.7. The fraction of sp³-hybridized carbons (Fsp3) is 0.421. The van der Waals surface area contributed by atoms with E-state index in [1.807, 2.05) is 18.2 Å². The third-order valence-electron chi connectivity index (χ3n) is 4.87. The number of oxazole rings is 1. The van der Waals surface area contributed by atoms with Crippen molar-refractivity contribution >= 4 is 22.9 Å². The van der Waals surface area contributed by atoms with E-state index in [1.165, 1.54) is 19.3 Å². The lowest BCUT2D eigenvalue weighted by Crippen LogP contribution is -2.20. The minimum absolute atomic E-state index is 0.250. The van der Waals surface area contributed by atoms with Crippen LogP contribution in [0.25, 0.3) is 11.0 Å². The highest BCUT2D eigenvalue weighted by Crippen LogP contribution is 2.34. The van der Waals surface area contributed by atoms with Crippen LogP contribution in [0.2, 0.25) is 0 Å². The topological polar surface area (TPSA) is 73.0 Å². The highest BCUT2D eigenvalue weighted by Gasteiger charge is 2.24. The second-order valence-corrected chi connectivity index (χ2v) is 6.69. The van der Waals surface area contributed by atoms with Crippen molar-refractivity contribution < 1.29 is 9.21 Å². The van der Waals surface area contributed by atoms with E-state index in [4.69, 9.17) is 4.42 Å². The van der Waals surface area contributed by atoms with Crippen LogP contribution in [-0.2, 0) is 0 Å². The lowest BCUT2D eigenvalue weighted by molar-refractivity contribution is 0.0993. The molecule has 0 aliphatic heterocycles. The van der Waals surface area contributed by atoms with Gasteiger partial charge >= 0.3 is 0 Å². The predicted molar refractivity (Wildman–Crippen MR) is 95.8 cm³/mol. The zero-order valence-corrected chi connectivity index (χ0v) is 14.6. The standard InChI is InChI=1S/C19H22N4O2/c1-12-17(25-13(2)20-12)18(24)22-19-21-15-10-6-7-11-16(15)23(19)14-8-4-3-5-9-14/h6-7,10-11,14H,3-5,8-9H2,1-2H3,(H,21,22,24). The van der Waals surface area contributed by atoms with Gasteiger partial charge in [-0.25, -0.2) is 9.97 Å². The van der Waals surface area contributed by atoms with Crippen LogP contribution in [0.1, 0.15) is 60.3 Å². The van der Waals surface area contributed by atoms with E-state index in [-0.39, 0.29) is 11.7 Å². The molecule has 1 amide bonds. The van der Waals surface area contributed by atoms with Crippen molar-refractivity contribution in [2.75, 3.05) is 5.32 Å². The Hall–Kier alpha value is -2.63. The molecule has 130 valence electrons. The zero-order chi connectivity index (χ0) is 17.4. The normalized spacial score (nSPS) is 15.6. The Kier molecular flexibility index (Phi) is 4.03. The van der Waals surface area contributed by atoms with E-state index >= 15 is 0 Å². The van der Waals surface area contributed by atoms with Crippen LogP contribution in [-0.4, -0.2) is 20.4 Å². The van der Waals surface area contributed by atoms with E-state index in [0.717, 1.165) is 23.9 Å². The minimum atomic E-state index is -0.300. The summed E-state index contributed by atoms with van der Waals surface area (Å²) in [5, 5.41) is 2.95. The molecule has 3 aromatic rings. The van der Waals surface area contributed by atoms with Crippen LogP contribution < -0.4 is 5.32 Å². The Bertz CT molecular complexity index is 919. The molecule has 1 aromatic carbocycles. The molecule has 0 unspecified atom stereocenters. The monoisotopic (exact) mass is 338 g/mol. The summed E-state index contributed by atoms with van der Waals surface area (Å²) < 4.78 is 7.63. The van der Waals surface area contributed by atoms with Gasteiger partial charge in [-0.3, -0.25) is 10.1 Å². The molecule has 0 bridgehead atoms. The van der Waals surface area contributed by atoms with Gasteiger partial charge in [0.05, 0.1) is 16.7 Å². The number of amides is 1. The molecule has 4 rings (SSSR count). The number of aromatic nitrogens is 3. The van der Waals surface area contributed by atoms with Crippen molar-refractivity contribution in [3.8, 4) is 0 Å². The molecule has 25 heavy (non-hydrogen) atoms. The van der Waals surface area contributed by atoms with Gasteiger partial charge in [0, 0.05) is 13.0 Å². The van der Waals surface area contributed by atoms with Gasteiger partial charge < -0.3 is 8.98 Å². The molecule has 1 aliphatic rings. The predicted octanol–water partition coefficient (Wildman–Crippen LogP) is 4.40. The molecule has 1 N–H and O–H groups in total. The van der Waals surface area contributed by atoms with Gasteiger partial charge in [-0.05, 0) is 31.9 Å². The molecule has 6 nitrogen and oxygen atoms in total. The Labute approximate surface area is 146 Å². The number of hydrogen-bond donors (Lipinski definition) is 1. The number of hydrogen-bond acceptors (Lipinski definition) is 4. The Morgan fingerprint density at radius 3 is 2.64 bits per heavy atom. The van der Waals surface area contributed by atoms with Crippen LogP contribution in [0.4, 0.5) is 5.95 Å². The summed E-state index contributed by atoms with van der Waals surface area (Å²) in [5.41, 5.74) is 2.55. The van der Waals surface area contributed by atoms with Gasteiger partial charge in [0.2, 0.25) is 11.7 Å². The number of anilines is 1. The quantitative estimate of drug-likeness (QED) is 0.768. The summed E-state index contributed by atoms with van der Waals surface area (Å²) >= 11 is 0. The summed E-state index contributed by atoms with van der Waals surface area (Å²) in [7, 11) is 0. The average molecular weight is 338 g/mol. The number of aryl methyl sites for hydroxylation is 2. The molecule has 0 saturated heterocycles. The number of fused-ring (bicyclic) bond motifs is 1. The maximum absolute atomic E-state index is 12.7. The molecule has 2 aromatic heterocycles. The molecule has 0 atom stereocenters. The largest absolute Gasteiger partial charge is 0.436 e. The summed E-state index contributed by atoms with van der Waals surface area (Å²) in [4.78, 5) is 21.5. The second-order valence-electron chi connectivity index (χ2n) is 6.69. The first-order valence-electron chi connectivity index (χ1n) is 8.86. The van der Waals surface area contributed by atoms with E-state index in [2.05, 4.69) is 25.9 Å². The van der Waals surface area contributed by atoms with Crippen molar-refractivity contribution in [2.45, 2.75) is 52.0 Å². The molecule has 1 fully saturated rings. The first-order chi connectivity index (χ1) is 12.1. The second kappa shape index (κ2) is 6.35. The molecule has 6 heteroatoms. The van der Waals surface area contributed by atoms with Gasteiger partial charge in [-0.1, -0.05) is 31.4 Å². The number of para-hydroxylation sites is 2. The number of benzene rings is 1. The summed E-state index contributed by atoms with van der Waals surface area (Å²) in [6.07, 6.45) is 5.94. The average Bonchev–Trinajstić information content (AvgIpc) is 3.14. The van der Waals surface area contributed by atoms with Crippen LogP contribution in [0.15, 0.2) is 28.7 Å². The third-order valence-corrected chi connectivity index (χ3v) is 4.87. The lowest BCUT2D eigenvalue weighted by atomic mass is 9.95. The van der Waals surface area contributed by atoms with Crippen molar-refractivity contribution in [3.05, 3.63) is 41.6 Å². The van der Waals surface area contributed by atoms with Gasteiger partial charge in [0.25, 0.3) is 5.91 Å². The fourth-order valence-electron chi connectivity index (χ4n) is 3.74. The summed E-state index contributed by atoms with van der Waals surface area (Å²) in [6, 6.07) is 8.40. The Balaban J connectivity index is 1.73. The number of rotatable bonds is 3. The van der Waals surface area contributed by atoms with Crippen LogP contribution in [0.3, 0.4) is 0 Å². The number of carbonyl (C=O) groups excluding carboxylic acids is 1. The smallest absolute Gasteiger partial charge is 0.295 e. The van der Waals surface area contributed by atoms with Crippen LogP contribution >= 0.6 is 0 Å². The number of nitrogens with one attached hydrogen (secondary N) is 1. The molecule has 0 radical (unpaired) electrons. The van der Waals surface area contributed by atoms with Crippen LogP contribution in [0.5, 0.6) is 0 Å². The number of imidazole rings is 1. The summed E-state index contributed by atoms with van der Waals surface area (Å²) in [5.74, 6) is 1.03. The van der Waals surface area contributed by atoms with E-state index in [9.17, 15) is 4.79 Å². The highest BCUT2D eigenvalue weighted by molar-refractivity contribution is 6.02. The van der Waals surface area contributed by atoms with Crippen molar-refractivity contribution in [1.82, 2.24) is 14.5 Å². The molecular formula is C19H22N4O2. The third kappa shape index (κ3) is 2.92. The maximum Gasteiger partial charge on any atom is 0.295 e. The van der Waals surface area contributed by atoms with Gasteiger partial charge in [0.15, 0.2) is 5.89 Å². The van der Waals surface area contributed by atoms with E-state index in [0.29, 0.717) is 23.6 Å². The van der Waals surface area contributed by atoms with E-state index < -0.39 is 0 Å². The lowest BCUT2D eigenvalue weighted by Gasteiger charge is -2.25. The summed E-state index contributed by atoms with van der Waals surface area (Å²) in [6.45, 7) is 3.51. The molecule has 0 spiro atoms. The number of carbonyl (C=O) groups is 1. The van der Waals surface area contributed by atoms with Crippen molar-refractivity contribution in [2.24, 2.45) is 0 Å². The highest BCUT2D eigenvalue weighted by atomic mass is 16.4. The Morgan fingerprint density at radius 1 is 1.16 bits per heavy atom. The zero-order valence-electron chi connectivity index (χ0n) is 14.6. The van der Waals surface area contributed by atoms with Crippen molar-refractivity contribution in [3.63, 3.8) is 0 Å². The number of nitrogens with zero attached hydrogens (tertiary/aromatic N) is 3. The van der Waals surface area contributed by atoms with Gasteiger partial charge in [0.1, 0.15) is 0 Å². The van der Waals surface area contributed by atoms with Gasteiger partial charge in [-0.2, -0.15) is 0 Å². The molecular weight excluding hydrogens is 316 g/mol. The molecule has 1 saturated carbocycles. The molecule has 2 heterocycles.